The molecule has 0 radical (unpaired) electrons. The molecule has 2 aromatic carbocycles. The Balaban J connectivity index is 1.72. The summed E-state index contributed by atoms with van der Waals surface area (Å²) in [6.07, 6.45) is 9.43. The van der Waals surface area contributed by atoms with Crippen molar-refractivity contribution in [3.63, 3.8) is 0 Å². The number of hydrogen-bond donors (Lipinski definition) is 0. The van der Waals surface area contributed by atoms with Gasteiger partial charge in [-0.1, -0.05) is 52.9 Å². The Bertz CT molecular complexity index is 737. The van der Waals surface area contributed by atoms with Gasteiger partial charge in [0.2, 0.25) is 0 Å². The van der Waals surface area contributed by atoms with Crippen LogP contribution in [0.2, 0.25) is 0 Å². The van der Waals surface area contributed by atoms with E-state index in [9.17, 15) is 4.79 Å². The fourth-order valence-electron chi connectivity index (χ4n) is 3.43. The molecule has 0 N–H and O–H groups in total. The first-order valence-corrected chi connectivity index (χ1v) is 11.8. The quantitative estimate of drug-likeness (QED) is 0.168. The zero-order valence-corrected chi connectivity index (χ0v) is 19.4. The lowest BCUT2D eigenvalue weighted by Crippen LogP contribution is -2.08. The van der Waals surface area contributed by atoms with Gasteiger partial charge in [0.05, 0.1) is 18.8 Å². The molecule has 0 aromatic heterocycles. The molecule has 0 unspecified atom stereocenters. The van der Waals surface area contributed by atoms with E-state index in [0.717, 1.165) is 30.3 Å². The normalized spacial score (nSPS) is 11.7. The van der Waals surface area contributed by atoms with E-state index in [1.165, 1.54) is 38.5 Å². The molecule has 0 aliphatic heterocycles. The molecule has 0 saturated heterocycles. The Hall–Kier alpha value is -2.49. The molecule has 170 valence electrons. The van der Waals surface area contributed by atoms with Crippen LogP contribution in [0.1, 0.15) is 82.5 Å². The monoisotopic (exact) mass is 426 g/mol. The summed E-state index contributed by atoms with van der Waals surface area (Å²) in [7, 11) is 0. The number of rotatable bonds is 15. The van der Waals surface area contributed by atoms with Crippen LogP contribution in [0.5, 0.6) is 17.2 Å². The summed E-state index contributed by atoms with van der Waals surface area (Å²) in [4.78, 5) is 12.4. The van der Waals surface area contributed by atoms with Crippen molar-refractivity contribution >= 4 is 5.97 Å². The Morgan fingerprint density at radius 1 is 0.710 bits per heavy atom. The fourth-order valence-corrected chi connectivity index (χ4v) is 3.43. The molecular weight excluding hydrogens is 388 g/mol. The summed E-state index contributed by atoms with van der Waals surface area (Å²) in [5.41, 5.74) is 0.500. The van der Waals surface area contributed by atoms with Crippen LogP contribution < -0.4 is 14.2 Å². The third-order valence-electron chi connectivity index (χ3n) is 5.28. The van der Waals surface area contributed by atoms with Crippen LogP contribution in [0.3, 0.4) is 0 Å². The van der Waals surface area contributed by atoms with Crippen LogP contribution in [0, 0.1) is 5.92 Å². The second kappa shape index (κ2) is 14.5. The first kappa shape index (κ1) is 24.8. The molecule has 1 atom stereocenters. The van der Waals surface area contributed by atoms with Crippen LogP contribution in [-0.2, 0) is 0 Å². The van der Waals surface area contributed by atoms with E-state index in [4.69, 9.17) is 14.2 Å². The van der Waals surface area contributed by atoms with Crippen LogP contribution in [0.4, 0.5) is 0 Å². The summed E-state index contributed by atoms with van der Waals surface area (Å²) in [6, 6.07) is 14.3. The Morgan fingerprint density at radius 2 is 1.29 bits per heavy atom. The summed E-state index contributed by atoms with van der Waals surface area (Å²) >= 11 is 0. The topological polar surface area (TPSA) is 44.8 Å². The van der Waals surface area contributed by atoms with Gasteiger partial charge in [0.25, 0.3) is 0 Å². The Kier molecular flexibility index (Phi) is 11.6. The molecule has 0 bridgehead atoms. The summed E-state index contributed by atoms with van der Waals surface area (Å²) in [5.74, 6) is 2.44. The van der Waals surface area contributed by atoms with Crippen molar-refractivity contribution in [2.24, 2.45) is 5.92 Å². The highest BCUT2D eigenvalue weighted by atomic mass is 16.5. The Labute approximate surface area is 187 Å². The SMILES string of the molecule is CCCCCCOc1ccc(OC(=O)c2ccc(OCCC[C@@H](C)CCC)cc2)cc1. The van der Waals surface area contributed by atoms with Crippen LogP contribution in [0.25, 0.3) is 0 Å². The third kappa shape index (κ3) is 9.91. The first-order chi connectivity index (χ1) is 15.1. The minimum Gasteiger partial charge on any atom is -0.494 e. The standard InChI is InChI=1S/C27H38O4/c1-4-6-7-8-20-29-25-16-18-26(19-17-25)31-27(28)23-12-14-24(15-13-23)30-21-9-11-22(3)10-5-2/h12-19,22H,4-11,20-21H2,1-3H3/t22-/m0/s1. The smallest absolute Gasteiger partial charge is 0.343 e. The van der Waals surface area contributed by atoms with Crippen LogP contribution >= 0.6 is 0 Å². The Morgan fingerprint density at radius 3 is 1.90 bits per heavy atom. The molecule has 2 rings (SSSR count). The number of esters is 1. The van der Waals surface area contributed by atoms with Gasteiger partial charge in [-0.05, 0) is 73.7 Å². The van der Waals surface area contributed by atoms with Gasteiger partial charge < -0.3 is 14.2 Å². The van der Waals surface area contributed by atoms with Crippen molar-refractivity contribution in [2.75, 3.05) is 13.2 Å². The highest BCUT2D eigenvalue weighted by Gasteiger charge is 2.09. The summed E-state index contributed by atoms with van der Waals surface area (Å²) < 4.78 is 17.0. The average molecular weight is 427 g/mol. The predicted octanol–water partition coefficient (Wildman–Crippen LogP) is 7.46. The zero-order valence-electron chi connectivity index (χ0n) is 19.4. The largest absolute Gasteiger partial charge is 0.494 e. The van der Waals surface area contributed by atoms with E-state index >= 15 is 0 Å². The predicted molar refractivity (Wildman–Crippen MR) is 126 cm³/mol. The first-order valence-electron chi connectivity index (χ1n) is 11.8. The van der Waals surface area contributed by atoms with E-state index in [1.807, 2.05) is 24.3 Å². The van der Waals surface area contributed by atoms with E-state index in [0.29, 0.717) is 24.5 Å². The number of ether oxygens (including phenoxy) is 3. The molecule has 0 heterocycles. The highest BCUT2D eigenvalue weighted by Crippen LogP contribution is 2.20. The van der Waals surface area contributed by atoms with Gasteiger partial charge >= 0.3 is 5.97 Å². The summed E-state index contributed by atoms with van der Waals surface area (Å²) in [5, 5.41) is 0. The second-order valence-electron chi connectivity index (χ2n) is 8.18. The van der Waals surface area contributed by atoms with Gasteiger partial charge in [0.15, 0.2) is 0 Å². The minimum absolute atomic E-state index is 0.381. The number of carbonyl (C=O) groups is 1. The van der Waals surface area contributed by atoms with E-state index in [1.54, 1.807) is 24.3 Å². The second-order valence-corrected chi connectivity index (χ2v) is 8.18. The maximum atomic E-state index is 12.4. The molecule has 0 saturated carbocycles. The fraction of sp³-hybridized carbons (Fsp3) is 0.519. The molecule has 2 aromatic rings. The van der Waals surface area contributed by atoms with Gasteiger partial charge in [-0.15, -0.1) is 0 Å². The van der Waals surface area contributed by atoms with Crippen molar-refractivity contribution in [3.05, 3.63) is 54.1 Å². The number of hydrogen-bond acceptors (Lipinski definition) is 4. The number of unbranched alkanes of at least 4 members (excludes halogenated alkanes) is 3. The van der Waals surface area contributed by atoms with Gasteiger partial charge in [-0.25, -0.2) is 4.79 Å². The summed E-state index contributed by atoms with van der Waals surface area (Å²) in [6.45, 7) is 8.12. The van der Waals surface area contributed by atoms with Crippen molar-refractivity contribution < 1.29 is 19.0 Å². The van der Waals surface area contributed by atoms with Gasteiger partial charge in [-0.3, -0.25) is 0 Å². The van der Waals surface area contributed by atoms with E-state index in [-0.39, 0.29) is 5.97 Å². The van der Waals surface area contributed by atoms with E-state index < -0.39 is 0 Å². The van der Waals surface area contributed by atoms with Gasteiger partial charge in [-0.2, -0.15) is 0 Å². The average Bonchev–Trinajstić information content (AvgIpc) is 2.78. The molecule has 0 amide bonds. The number of carbonyl (C=O) groups excluding carboxylic acids is 1. The van der Waals surface area contributed by atoms with Crippen LogP contribution in [0.15, 0.2) is 48.5 Å². The van der Waals surface area contributed by atoms with Crippen molar-refractivity contribution in [1.82, 2.24) is 0 Å². The van der Waals surface area contributed by atoms with Gasteiger partial charge in [0.1, 0.15) is 17.2 Å². The zero-order chi connectivity index (χ0) is 22.3. The molecule has 4 nitrogen and oxygen atoms in total. The van der Waals surface area contributed by atoms with Crippen molar-refractivity contribution in [1.29, 1.82) is 0 Å². The molecule has 0 aliphatic rings. The van der Waals surface area contributed by atoms with Gasteiger partial charge in [0, 0.05) is 0 Å². The minimum atomic E-state index is -0.381. The molecule has 0 fully saturated rings. The number of benzene rings is 2. The van der Waals surface area contributed by atoms with Crippen LogP contribution in [-0.4, -0.2) is 19.2 Å². The lowest BCUT2D eigenvalue weighted by Gasteiger charge is -2.11. The highest BCUT2D eigenvalue weighted by molar-refractivity contribution is 5.91. The van der Waals surface area contributed by atoms with Crippen molar-refractivity contribution in [2.45, 2.75) is 72.1 Å². The van der Waals surface area contributed by atoms with Crippen molar-refractivity contribution in [3.8, 4) is 17.2 Å². The maximum absolute atomic E-state index is 12.4. The molecule has 4 heteroatoms. The molecule has 0 spiro atoms. The van der Waals surface area contributed by atoms with E-state index in [2.05, 4.69) is 20.8 Å². The third-order valence-corrected chi connectivity index (χ3v) is 5.28. The lowest BCUT2D eigenvalue weighted by molar-refractivity contribution is 0.0734. The maximum Gasteiger partial charge on any atom is 0.343 e. The molecule has 31 heavy (non-hydrogen) atoms. The molecule has 0 aliphatic carbocycles. The lowest BCUT2D eigenvalue weighted by atomic mass is 10.0. The molecular formula is C27H38O4.